The Labute approximate surface area is 140 Å². The lowest BCUT2D eigenvalue weighted by Gasteiger charge is -2.27. The first-order valence-corrected chi connectivity index (χ1v) is 8.99. The van der Waals surface area contributed by atoms with Crippen LogP contribution in [-0.4, -0.2) is 44.9 Å². The smallest absolute Gasteiger partial charge is 0.254 e. The standard InChI is InChI=1S/C16H18N2O5S/c19-16(14-5-8-23-12-14)17-11-13-3-1-2-4-15(13)24(20,21)18-6-9-22-10-7-18/h1-5,8,12H,6-7,9-11H2,(H,17,19). The van der Waals surface area contributed by atoms with E-state index in [1.54, 1.807) is 30.3 Å². The first-order chi connectivity index (χ1) is 11.6. The van der Waals surface area contributed by atoms with Crippen LogP contribution < -0.4 is 5.32 Å². The molecule has 0 unspecified atom stereocenters. The van der Waals surface area contributed by atoms with Crippen molar-refractivity contribution in [2.45, 2.75) is 11.4 Å². The maximum absolute atomic E-state index is 12.8. The number of nitrogens with one attached hydrogen (secondary N) is 1. The highest BCUT2D eigenvalue weighted by atomic mass is 32.2. The van der Waals surface area contributed by atoms with Gasteiger partial charge in [-0.1, -0.05) is 18.2 Å². The van der Waals surface area contributed by atoms with E-state index < -0.39 is 10.0 Å². The highest BCUT2D eigenvalue weighted by molar-refractivity contribution is 7.89. The van der Waals surface area contributed by atoms with Crippen molar-refractivity contribution >= 4 is 15.9 Å². The Morgan fingerprint density at radius 1 is 1.17 bits per heavy atom. The molecule has 8 heteroatoms. The predicted octanol–water partition coefficient (Wildman–Crippen LogP) is 1.23. The van der Waals surface area contributed by atoms with E-state index in [0.717, 1.165) is 0 Å². The normalized spacial score (nSPS) is 16.0. The van der Waals surface area contributed by atoms with Crippen LogP contribution >= 0.6 is 0 Å². The van der Waals surface area contributed by atoms with Crippen LogP contribution in [0.15, 0.2) is 52.2 Å². The summed E-state index contributed by atoms with van der Waals surface area (Å²) in [5, 5.41) is 2.71. The van der Waals surface area contributed by atoms with Gasteiger partial charge in [0.25, 0.3) is 5.91 Å². The van der Waals surface area contributed by atoms with Gasteiger partial charge in [0.2, 0.25) is 10.0 Å². The largest absolute Gasteiger partial charge is 0.472 e. The van der Waals surface area contributed by atoms with Gasteiger partial charge in [0.15, 0.2) is 0 Å². The summed E-state index contributed by atoms with van der Waals surface area (Å²) in [4.78, 5) is 12.2. The van der Waals surface area contributed by atoms with E-state index in [4.69, 9.17) is 9.15 Å². The third-order valence-corrected chi connectivity index (χ3v) is 5.78. The second kappa shape index (κ2) is 7.16. The van der Waals surface area contributed by atoms with E-state index in [0.29, 0.717) is 37.4 Å². The molecule has 3 rings (SSSR count). The number of sulfonamides is 1. The molecule has 0 spiro atoms. The molecule has 1 aliphatic rings. The Balaban J connectivity index is 1.78. The molecule has 1 N–H and O–H groups in total. The van der Waals surface area contributed by atoms with E-state index in [-0.39, 0.29) is 17.3 Å². The molecule has 0 bridgehead atoms. The summed E-state index contributed by atoms with van der Waals surface area (Å²) < 4.78 is 37.1. The molecule has 2 heterocycles. The minimum absolute atomic E-state index is 0.115. The molecular weight excluding hydrogens is 332 g/mol. The molecule has 24 heavy (non-hydrogen) atoms. The van der Waals surface area contributed by atoms with Crippen LogP contribution in [0.1, 0.15) is 15.9 Å². The fraction of sp³-hybridized carbons (Fsp3) is 0.312. The van der Waals surface area contributed by atoms with Gasteiger partial charge in [-0.25, -0.2) is 8.42 Å². The Morgan fingerprint density at radius 3 is 2.62 bits per heavy atom. The predicted molar refractivity (Wildman–Crippen MR) is 85.9 cm³/mol. The Kier molecular flexibility index (Phi) is 4.98. The van der Waals surface area contributed by atoms with Crippen molar-refractivity contribution in [1.29, 1.82) is 0 Å². The number of carbonyl (C=O) groups excluding carboxylic acids is 1. The molecule has 0 aliphatic carbocycles. The first kappa shape index (κ1) is 16.7. The zero-order valence-corrected chi connectivity index (χ0v) is 13.8. The third-order valence-electron chi connectivity index (χ3n) is 3.78. The highest BCUT2D eigenvalue weighted by Crippen LogP contribution is 2.21. The van der Waals surface area contributed by atoms with Gasteiger partial charge in [-0.2, -0.15) is 4.31 Å². The van der Waals surface area contributed by atoms with Crippen molar-refractivity contribution in [1.82, 2.24) is 9.62 Å². The summed E-state index contributed by atoms with van der Waals surface area (Å²) in [6.07, 6.45) is 2.75. The van der Waals surface area contributed by atoms with E-state index in [1.165, 1.54) is 16.8 Å². The lowest BCUT2D eigenvalue weighted by atomic mass is 10.2. The molecule has 1 saturated heterocycles. The fourth-order valence-corrected chi connectivity index (χ4v) is 4.13. The van der Waals surface area contributed by atoms with Crippen LogP contribution in [-0.2, 0) is 21.3 Å². The molecule has 1 aromatic heterocycles. The summed E-state index contributed by atoms with van der Waals surface area (Å²) in [7, 11) is -3.61. The van der Waals surface area contributed by atoms with E-state index in [1.807, 2.05) is 0 Å². The van der Waals surface area contributed by atoms with E-state index >= 15 is 0 Å². The quantitative estimate of drug-likeness (QED) is 0.876. The summed E-state index contributed by atoms with van der Waals surface area (Å²) in [6, 6.07) is 8.23. The van der Waals surface area contributed by atoms with Crippen molar-refractivity contribution in [3.63, 3.8) is 0 Å². The topological polar surface area (TPSA) is 88.9 Å². The number of ether oxygens (including phenoxy) is 1. The molecule has 128 valence electrons. The highest BCUT2D eigenvalue weighted by Gasteiger charge is 2.28. The molecule has 1 fully saturated rings. The van der Waals surface area contributed by atoms with Gasteiger partial charge in [-0.3, -0.25) is 4.79 Å². The van der Waals surface area contributed by atoms with Crippen molar-refractivity contribution in [3.05, 3.63) is 54.0 Å². The Bertz CT molecular complexity index is 796. The lowest BCUT2D eigenvalue weighted by molar-refractivity contribution is 0.0730. The van der Waals surface area contributed by atoms with Gasteiger partial charge in [-0.05, 0) is 17.7 Å². The van der Waals surface area contributed by atoms with Gasteiger partial charge >= 0.3 is 0 Å². The molecule has 0 atom stereocenters. The second-order valence-electron chi connectivity index (χ2n) is 5.32. The number of benzene rings is 1. The second-order valence-corrected chi connectivity index (χ2v) is 7.23. The van der Waals surface area contributed by atoms with Crippen molar-refractivity contribution < 1.29 is 22.4 Å². The number of rotatable bonds is 5. The van der Waals surface area contributed by atoms with Gasteiger partial charge in [-0.15, -0.1) is 0 Å². The monoisotopic (exact) mass is 350 g/mol. The molecular formula is C16H18N2O5S. The van der Waals surface area contributed by atoms with Crippen molar-refractivity contribution in [3.8, 4) is 0 Å². The number of carbonyl (C=O) groups is 1. The summed E-state index contributed by atoms with van der Waals surface area (Å²) in [6.45, 7) is 1.55. The molecule has 2 aromatic rings. The summed E-state index contributed by atoms with van der Waals surface area (Å²) in [5.74, 6) is -0.317. The van der Waals surface area contributed by atoms with Crippen LogP contribution in [0.3, 0.4) is 0 Å². The average Bonchev–Trinajstić information content (AvgIpc) is 3.15. The van der Waals surface area contributed by atoms with Crippen molar-refractivity contribution in [2.75, 3.05) is 26.3 Å². The fourth-order valence-electron chi connectivity index (χ4n) is 2.50. The number of hydrogen-bond donors (Lipinski definition) is 1. The average molecular weight is 350 g/mol. The van der Waals surface area contributed by atoms with Gasteiger partial charge < -0.3 is 14.5 Å². The molecule has 0 radical (unpaired) electrons. The van der Waals surface area contributed by atoms with Crippen LogP contribution in [0.5, 0.6) is 0 Å². The molecule has 1 amide bonds. The zero-order valence-electron chi connectivity index (χ0n) is 13.0. The molecule has 7 nitrogen and oxygen atoms in total. The zero-order chi connectivity index (χ0) is 17.0. The van der Waals surface area contributed by atoms with E-state index in [2.05, 4.69) is 5.32 Å². The van der Waals surface area contributed by atoms with Gasteiger partial charge in [0.05, 0.1) is 29.9 Å². The summed E-state index contributed by atoms with van der Waals surface area (Å²) >= 11 is 0. The van der Waals surface area contributed by atoms with Crippen LogP contribution in [0.4, 0.5) is 0 Å². The van der Waals surface area contributed by atoms with Crippen molar-refractivity contribution in [2.24, 2.45) is 0 Å². The maximum Gasteiger partial charge on any atom is 0.254 e. The maximum atomic E-state index is 12.8. The SMILES string of the molecule is O=C(NCc1ccccc1S(=O)(=O)N1CCOCC1)c1ccoc1. The van der Waals surface area contributed by atoms with Gasteiger partial charge in [0.1, 0.15) is 6.26 Å². The Hall–Kier alpha value is -2.16. The number of morpholine rings is 1. The Morgan fingerprint density at radius 2 is 1.92 bits per heavy atom. The number of nitrogens with zero attached hydrogens (tertiary/aromatic N) is 1. The van der Waals surface area contributed by atoms with Crippen LogP contribution in [0.2, 0.25) is 0 Å². The number of amides is 1. The minimum Gasteiger partial charge on any atom is -0.472 e. The molecule has 1 aliphatic heterocycles. The first-order valence-electron chi connectivity index (χ1n) is 7.55. The molecule has 0 saturated carbocycles. The third kappa shape index (κ3) is 3.50. The van der Waals surface area contributed by atoms with Crippen LogP contribution in [0, 0.1) is 0 Å². The lowest BCUT2D eigenvalue weighted by Crippen LogP contribution is -2.41. The molecule has 1 aromatic carbocycles. The van der Waals surface area contributed by atoms with E-state index in [9.17, 15) is 13.2 Å². The summed E-state index contributed by atoms with van der Waals surface area (Å²) in [5.41, 5.74) is 0.935. The minimum atomic E-state index is -3.61. The van der Waals surface area contributed by atoms with Crippen LogP contribution in [0.25, 0.3) is 0 Å². The number of hydrogen-bond acceptors (Lipinski definition) is 5. The van der Waals surface area contributed by atoms with Gasteiger partial charge in [0, 0.05) is 19.6 Å². The number of furan rings is 1.